The summed E-state index contributed by atoms with van der Waals surface area (Å²) >= 11 is 0. The first-order chi connectivity index (χ1) is 21.3. The average molecular weight is 618 g/mol. The van der Waals surface area contributed by atoms with Gasteiger partial charge in [-0.05, 0) is 62.3 Å². The predicted octanol–water partition coefficient (Wildman–Crippen LogP) is 5.42. The van der Waals surface area contributed by atoms with Gasteiger partial charge >= 0.3 is 11.9 Å². The molecule has 0 bridgehead atoms. The molecule has 0 radical (unpaired) electrons. The summed E-state index contributed by atoms with van der Waals surface area (Å²) in [5, 5.41) is 0. The molecular formula is C33H47NO10. The van der Waals surface area contributed by atoms with Crippen molar-refractivity contribution in [1.82, 2.24) is 4.90 Å². The van der Waals surface area contributed by atoms with E-state index >= 15 is 0 Å². The van der Waals surface area contributed by atoms with Crippen molar-refractivity contribution in [3.8, 4) is 34.5 Å². The van der Waals surface area contributed by atoms with Crippen LogP contribution < -0.4 is 28.4 Å². The minimum absolute atomic E-state index is 0.280. The third kappa shape index (κ3) is 11.5. The van der Waals surface area contributed by atoms with Gasteiger partial charge in [-0.3, -0.25) is 0 Å². The molecule has 11 heteroatoms. The zero-order chi connectivity index (χ0) is 32.3. The van der Waals surface area contributed by atoms with Crippen LogP contribution in [0, 0.1) is 0 Å². The van der Waals surface area contributed by atoms with Crippen LogP contribution in [0.3, 0.4) is 0 Å². The van der Waals surface area contributed by atoms with Gasteiger partial charge in [0.25, 0.3) is 0 Å². The Morgan fingerprint density at radius 2 is 1.11 bits per heavy atom. The predicted molar refractivity (Wildman–Crippen MR) is 168 cm³/mol. The number of likely N-dealkylation sites (N-methyl/N-ethyl adjacent to an activating group) is 1. The number of rotatable bonds is 21. The third-order valence-electron chi connectivity index (χ3n) is 6.88. The van der Waals surface area contributed by atoms with E-state index < -0.39 is 11.9 Å². The second kappa shape index (κ2) is 20.0. The summed E-state index contributed by atoms with van der Waals surface area (Å²) in [7, 11) is 11.1. The lowest BCUT2D eigenvalue weighted by molar-refractivity contribution is -0.137. The van der Waals surface area contributed by atoms with Gasteiger partial charge in [-0.25, -0.2) is 9.59 Å². The van der Waals surface area contributed by atoms with Crippen LogP contribution in [0.25, 0.3) is 6.08 Å². The Kier molecular flexibility index (Phi) is 16.4. The van der Waals surface area contributed by atoms with Gasteiger partial charge in [0.2, 0.25) is 11.5 Å². The molecule has 0 N–H and O–H groups in total. The van der Waals surface area contributed by atoms with E-state index in [1.165, 1.54) is 34.5 Å². The van der Waals surface area contributed by atoms with Crippen molar-refractivity contribution in [2.45, 2.75) is 38.5 Å². The summed E-state index contributed by atoms with van der Waals surface area (Å²) in [4.78, 5) is 26.8. The van der Waals surface area contributed by atoms with Gasteiger partial charge in [0.1, 0.15) is 6.61 Å². The molecule has 0 aliphatic heterocycles. The Hall–Kier alpha value is -4.12. The quantitative estimate of drug-likeness (QED) is 0.102. The Bertz CT molecular complexity index is 1160. The van der Waals surface area contributed by atoms with Crippen LogP contribution in [-0.2, 0) is 14.3 Å². The highest BCUT2D eigenvalue weighted by Gasteiger charge is 2.18. The van der Waals surface area contributed by atoms with E-state index in [9.17, 15) is 9.59 Å². The van der Waals surface area contributed by atoms with E-state index in [0.717, 1.165) is 50.6 Å². The molecule has 0 saturated carbocycles. The number of carbonyl (C=O) groups excluding carboxylic acids is 2. The molecule has 0 spiro atoms. The Labute approximate surface area is 260 Å². The molecule has 0 aliphatic rings. The Morgan fingerprint density at radius 3 is 1.64 bits per heavy atom. The molecule has 0 aromatic heterocycles. The third-order valence-corrected chi connectivity index (χ3v) is 6.88. The first-order valence-corrected chi connectivity index (χ1v) is 14.6. The van der Waals surface area contributed by atoms with Gasteiger partial charge in [-0.1, -0.05) is 25.7 Å². The van der Waals surface area contributed by atoms with Crippen LogP contribution >= 0.6 is 0 Å². The average Bonchev–Trinajstić information content (AvgIpc) is 3.04. The molecule has 0 aliphatic carbocycles. The molecule has 11 nitrogen and oxygen atoms in total. The van der Waals surface area contributed by atoms with E-state index in [1.54, 1.807) is 44.6 Å². The van der Waals surface area contributed by atoms with E-state index in [1.807, 2.05) is 7.05 Å². The lowest BCUT2D eigenvalue weighted by atomic mass is 10.1. The van der Waals surface area contributed by atoms with Gasteiger partial charge in [0.05, 0.1) is 54.8 Å². The van der Waals surface area contributed by atoms with Crippen LogP contribution in [-0.4, -0.2) is 92.8 Å². The zero-order valence-electron chi connectivity index (χ0n) is 27.1. The second-order valence-corrected chi connectivity index (χ2v) is 9.93. The summed E-state index contributed by atoms with van der Waals surface area (Å²) in [6, 6.07) is 6.68. The maximum absolute atomic E-state index is 12.5. The second-order valence-electron chi connectivity index (χ2n) is 9.93. The van der Waals surface area contributed by atoms with Crippen molar-refractivity contribution < 1.29 is 47.5 Å². The number of unbranched alkanes of at least 4 members (excludes halogenated alkanes) is 5. The lowest BCUT2D eigenvalue weighted by Crippen LogP contribution is -2.25. The van der Waals surface area contributed by atoms with Crippen LogP contribution in [0.5, 0.6) is 34.5 Å². The number of benzene rings is 2. The molecule has 0 amide bonds. The normalized spacial score (nSPS) is 10.9. The number of nitrogens with zero attached hydrogens (tertiary/aromatic N) is 1. The molecule has 0 unspecified atom stereocenters. The number of esters is 2. The van der Waals surface area contributed by atoms with E-state index in [0.29, 0.717) is 53.2 Å². The monoisotopic (exact) mass is 617 g/mol. The van der Waals surface area contributed by atoms with Crippen molar-refractivity contribution in [3.63, 3.8) is 0 Å². The fraction of sp³-hybridized carbons (Fsp3) is 0.515. The molecule has 2 rings (SSSR count). The highest BCUT2D eigenvalue weighted by molar-refractivity contribution is 5.91. The smallest absolute Gasteiger partial charge is 0.338 e. The summed E-state index contributed by atoms with van der Waals surface area (Å²) in [5.74, 6) is 1.91. The highest BCUT2D eigenvalue weighted by atomic mass is 16.5. The number of carbonyl (C=O) groups is 2. The van der Waals surface area contributed by atoms with Gasteiger partial charge < -0.3 is 42.8 Å². The van der Waals surface area contributed by atoms with Gasteiger partial charge in [-0.15, -0.1) is 0 Å². The molecule has 0 fully saturated rings. The maximum atomic E-state index is 12.5. The first-order valence-electron chi connectivity index (χ1n) is 14.6. The fourth-order valence-corrected chi connectivity index (χ4v) is 4.46. The fourth-order valence-electron chi connectivity index (χ4n) is 4.46. The van der Waals surface area contributed by atoms with Crippen molar-refractivity contribution in [1.29, 1.82) is 0 Å². The minimum atomic E-state index is -0.446. The molecular weight excluding hydrogens is 570 g/mol. The highest BCUT2D eigenvalue weighted by Crippen LogP contribution is 2.39. The van der Waals surface area contributed by atoms with Crippen molar-refractivity contribution >= 4 is 18.0 Å². The van der Waals surface area contributed by atoms with E-state index in [2.05, 4.69) is 4.90 Å². The van der Waals surface area contributed by atoms with Crippen molar-refractivity contribution in [2.24, 2.45) is 0 Å². The molecule has 0 saturated heterocycles. The number of hydrogen-bond acceptors (Lipinski definition) is 11. The number of ether oxygens (including phenoxy) is 8. The molecule has 0 heterocycles. The molecule has 0 atom stereocenters. The van der Waals surface area contributed by atoms with Crippen LogP contribution in [0.15, 0.2) is 30.3 Å². The van der Waals surface area contributed by atoms with E-state index in [4.69, 9.17) is 37.9 Å². The SMILES string of the molecule is COc1cc(/C=C/C(=O)OCCCCCCCCN(C)CCOC(=O)c2cc(OC)c(OC)c(OC)c2)cc(OC)c1OC. The van der Waals surface area contributed by atoms with Crippen LogP contribution in [0.4, 0.5) is 0 Å². The Morgan fingerprint density at radius 1 is 0.614 bits per heavy atom. The zero-order valence-corrected chi connectivity index (χ0v) is 27.1. The van der Waals surface area contributed by atoms with Gasteiger partial charge in [0, 0.05) is 12.6 Å². The Balaban J connectivity index is 1.56. The van der Waals surface area contributed by atoms with Crippen molar-refractivity contribution in [3.05, 3.63) is 41.5 Å². The van der Waals surface area contributed by atoms with Gasteiger partial charge in [-0.2, -0.15) is 0 Å². The molecule has 2 aromatic carbocycles. The van der Waals surface area contributed by atoms with E-state index in [-0.39, 0.29) is 6.61 Å². The summed E-state index contributed by atoms with van der Waals surface area (Å²) < 4.78 is 42.7. The lowest BCUT2D eigenvalue weighted by Gasteiger charge is -2.17. The maximum Gasteiger partial charge on any atom is 0.338 e. The van der Waals surface area contributed by atoms with Crippen LogP contribution in [0.1, 0.15) is 54.4 Å². The van der Waals surface area contributed by atoms with Crippen LogP contribution in [0.2, 0.25) is 0 Å². The standard InChI is InChI=1S/C33H47NO10/c1-34(17-19-44-33(36)25-22-28(39-4)32(42-7)29(23-25)40-5)16-12-10-8-9-11-13-18-43-30(35)15-14-24-20-26(37-2)31(41-6)27(21-24)38-3/h14-15,20-23H,8-13,16-19H2,1-7H3/b15-14+. The summed E-state index contributed by atoms with van der Waals surface area (Å²) in [6.07, 6.45) is 9.21. The number of methoxy groups -OCH3 is 6. The largest absolute Gasteiger partial charge is 0.493 e. The topological polar surface area (TPSA) is 111 Å². The first kappa shape index (κ1) is 36.1. The molecule has 44 heavy (non-hydrogen) atoms. The summed E-state index contributed by atoms with van der Waals surface area (Å²) in [5.41, 5.74) is 1.07. The van der Waals surface area contributed by atoms with Crippen molar-refractivity contribution in [2.75, 3.05) is 76.0 Å². The number of hydrogen-bond donors (Lipinski definition) is 0. The van der Waals surface area contributed by atoms with Gasteiger partial charge in [0.15, 0.2) is 23.0 Å². The minimum Gasteiger partial charge on any atom is -0.493 e. The molecule has 244 valence electrons. The molecule has 2 aromatic rings. The summed E-state index contributed by atoms with van der Waals surface area (Å²) in [6.45, 7) is 2.21.